The molecule has 2 aromatic carbocycles. The van der Waals surface area contributed by atoms with Gasteiger partial charge in [0.05, 0.1) is 37.0 Å². The largest absolute Gasteiger partial charge is 0.494 e. The number of urea groups is 1. The molecule has 210 valence electrons. The molecule has 2 aliphatic heterocycles. The van der Waals surface area contributed by atoms with Crippen molar-refractivity contribution in [3.63, 3.8) is 0 Å². The van der Waals surface area contributed by atoms with Crippen molar-refractivity contribution in [3.8, 4) is 5.75 Å². The zero-order chi connectivity index (χ0) is 27.9. The Morgan fingerprint density at radius 1 is 1.18 bits per heavy atom. The van der Waals surface area contributed by atoms with E-state index in [1.165, 1.54) is 0 Å². The second kappa shape index (κ2) is 13.1. The summed E-state index contributed by atoms with van der Waals surface area (Å²) in [5, 5.41) is 12.9. The van der Waals surface area contributed by atoms with Crippen LogP contribution < -0.4 is 15.0 Å². The fraction of sp³-hybridized carbons (Fsp3) is 0.464. The number of fused-ring (bicyclic) bond motifs is 1. The average Bonchev–Trinajstić information content (AvgIpc) is 3.11. The van der Waals surface area contributed by atoms with Crippen LogP contribution in [0.25, 0.3) is 0 Å². The van der Waals surface area contributed by atoms with Crippen molar-refractivity contribution in [3.05, 3.63) is 58.6 Å². The zero-order valence-electron chi connectivity index (χ0n) is 22.3. The van der Waals surface area contributed by atoms with E-state index in [9.17, 15) is 19.5 Å². The Morgan fingerprint density at radius 3 is 2.62 bits per heavy atom. The van der Waals surface area contributed by atoms with Crippen LogP contribution in [-0.4, -0.2) is 90.9 Å². The second-order valence-corrected chi connectivity index (χ2v) is 10.0. The summed E-state index contributed by atoms with van der Waals surface area (Å²) in [7, 11) is 0. The molecule has 4 rings (SSSR count). The van der Waals surface area contributed by atoms with Crippen LogP contribution in [0, 0.1) is 0 Å². The molecule has 1 fully saturated rings. The van der Waals surface area contributed by atoms with Gasteiger partial charge < -0.3 is 34.6 Å². The molecule has 2 aromatic rings. The van der Waals surface area contributed by atoms with Crippen molar-refractivity contribution in [1.82, 2.24) is 15.1 Å². The molecule has 39 heavy (non-hydrogen) atoms. The SMILES string of the molecule is CCCOc1ccc(C(=O)N2C[C@@H](C)N(C(=O)NC(CO)C(=O)N3CCOCC3)Cc3ccccc32)c(Cl)c1. The summed E-state index contributed by atoms with van der Waals surface area (Å²) in [4.78, 5) is 44.9. The van der Waals surface area contributed by atoms with Crippen LogP contribution >= 0.6 is 11.6 Å². The Morgan fingerprint density at radius 2 is 1.92 bits per heavy atom. The van der Waals surface area contributed by atoms with E-state index in [0.29, 0.717) is 49.9 Å². The van der Waals surface area contributed by atoms with Crippen molar-refractivity contribution >= 4 is 35.1 Å². The minimum absolute atomic E-state index is 0.203. The molecular weight excluding hydrogens is 524 g/mol. The third-order valence-corrected chi connectivity index (χ3v) is 7.17. The summed E-state index contributed by atoms with van der Waals surface area (Å²) in [5.41, 5.74) is 1.77. The van der Waals surface area contributed by atoms with Crippen LogP contribution in [0.2, 0.25) is 5.02 Å². The summed E-state index contributed by atoms with van der Waals surface area (Å²) in [6.45, 7) is 5.94. The molecule has 1 saturated heterocycles. The Kier molecular flexibility index (Phi) is 9.66. The topological polar surface area (TPSA) is 112 Å². The zero-order valence-corrected chi connectivity index (χ0v) is 23.0. The van der Waals surface area contributed by atoms with Gasteiger partial charge in [-0.2, -0.15) is 0 Å². The van der Waals surface area contributed by atoms with E-state index in [-0.39, 0.29) is 29.9 Å². The third kappa shape index (κ3) is 6.63. The number of rotatable bonds is 7. The molecule has 0 spiro atoms. The van der Waals surface area contributed by atoms with Gasteiger partial charge in [-0.15, -0.1) is 0 Å². The fourth-order valence-electron chi connectivity index (χ4n) is 4.72. The maximum atomic E-state index is 13.8. The molecule has 0 saturated carbocycles. The number of para-hydroxylation sites is 1. The molecule has 2 atom stereocenters. The maximum Gasteiger partial charge on any atom is 0.318 e. The van der Waals surface area contributed by atoms with Crippen molar-refractivity contribution in [1.29, 1.82) is 0 Å². The molecule has 10 nitrogen and oxygen atoms in total. The lowest BCUT2D eigenvalue weighted by molar-refractivity contribution is -0.138. The van der Waals surface area contributed by atoms with E-state index in [4.69, 9.17) is 21.1 Å². The molecule has 0 radical (unpaired) electrons. The molecule has 0 bridgehead atoms. The quantitative estimate of drug-likeness (QED) is 0.540. The van der Waals surface area contributed by atoms with E-state index in [1.54, 1.807) is 32.9 Å². The van der Waals surface area contributed by atoms with Gasteiger partial charge in [0, 0.05) is 37.9 Å². The number of amides is 4. The normalized spacial score (nSPS) is 18.2. The molecular formula is C28H35ClN4O6. The number of carbonyl (C=O) groups excluding carboxylic acids is 3. The molecule has 1 unspecified atom stereocenters. The predicted molar refractivity (Wildman–Crippen MR) is 147 cm³/mol. The van der Waals surface area contributed by atoms with E-state index >= 15 is 0 Å². The van der Waals surface area contributed by atoms with Gasteiger partial charge in [0.1, 0.15) is 11.8 Å². The molecule has 4 amide bonds. The lowest BCUT2D eigenvalue weighted by atomic mass is 10.1. The highest BCUT2D eigenvalue weighted by atomic mass is 35.5. The number of aliphatic hydroxyl groups excluding tert-OH is 1. The molecule has 0 aromatic heterocycles. The lowest BCUT2D eigenvalue weighted by Gasteiger charge is -2.33. The van der Waals surface area contributed by atoms with Gasteiger partial charge >= 0.3 is 6.03 Å². The van der Waals surface area contributed by atoms with Gasteiger partial charge in [-0.25, -0.2) is 4.79 Å². The number of benzene rings is 2. The number of hydrogen-bond donors (Lipinski definition) is 2. The van der Waals surface area contributed by atoms with E-state index in [0.717, 1.165) is 12.0 Å². The minimum Gasteiger partial charge on any atom is -0.494 e. The second-order valence-electron chi connectivity index (χ2n) is 9.63. The van der Waals surface area contributed by atoms with Crippen LogP contribution in [0.1, 0.15) is 36.2 Å². The number of morpholine rings is 1. The van der Waals surface area contributed by atoms with Gasteiger partial charge in [-0.05, 0) is 43.2 Å². The first-order valence-electron chi connectivity index (χ1n) is 13.2. The van der Waals surface area contributed by atoms with Gasteiger partial charge in [-0.3, -0.25) is 9.59 Å². The minimum atomic E-state index is -1.08. The highest BCUT2D eigenvalue weighted by molar-refractivity contribution is 6.34. The smallest absolute Gasteiger partial charge is 0.318 e. The van der Waals surface area contributed by atoms with Gasteiger partial charge in [0.2, 0.25) is 5.91 Å². The molecule has 2 N–H and O–H groups in total. The van der Waals surface area contributed by atoms with Gasteiger partial charge in [0.15, 0.2) is 0 Å². The van der Waals surface area contributed by atoms with E-state index in [2.05, 4.69) is 5.32 Å². The van der Waals surface area contributed by atoms with Crippen LogP contribution in [-0.2, 0) is 16.1 Å². The Bertz CT molecular complexity index is 1190. The third-order valence-electron chi connectivity index (χ3n) is 6.85. The number of aliphatic hydroxyl groups is 1. The molecule has 0 aliphatic carbocycles. The first-order valence-corrected chi connectivity index (χ1v) is 13.6. The average molecular weight is 559 g/mol. The van der Waals surface area contributed by atoms with Gasteiger partial charge in [-0.1, -0.05) is 36.7 Å². The number of halogens is 1. The van der Waals surface area contributed by atoms with Crippen molar-refractivity contribution in [2.75, 3.05) is 51.0 Å². The maximum absolute atomic E-state index is 13.8. The Labute approximate surface area is 233 Å². The van der Waals surface area contributed by atoms with Crippen LogP contribution in [0.15, 0.2) is 42.5 Å². The highest BCUT2D eigenvalue weighted by Crippen LogP contribution is 2.31. The monoisotopic (exact) mass is 558 g/mol. The summed E-state index contributed by atoms with van der Waals surface area (Å²) >= 11 is 6.50. The molecule has 2 heterocycles. The predicted octanol–water partition coefficient (Wildman–Crippen LogP) is 2.91. The number of nitrogens with one attached hydrogen (secondary N) is 1. The number of anilines is 1. The Hall–Kier alpha value is -3.34. The number of ether oxygens (including phenoxy) is 2. The number of carbonyl (C=O) groups is 3. The van der Waals surface area contributed by atoms with E-state index in [1.807, 2.05) is 38.1 Å². The summed E-state index contributed by atoms with van der Waals surface area (Å²) in [6.07, 6.45) is 0.852. The van der Waals surface area contributed by atoms with Crippen LogP contribution in [0.5, 0.6) is 5.75 Å². The fourth-order valence-corrected chi connectivity index (χ4v) is 4.97. The van der Waals surface area contributed by atoms with Gasteiger partial charge in [0.25, 0.3) is 5.91 Å². The standard InChI is InChI=1S/C28H35ClN4O6/c1-3-12-39-21-8-9-22(23(29)15-21)26(35)33-16-19(2)32(17-20-6-4-5-7-25(20)33)28(37)30-24(18-34)27(36)31-10-13-38-14-11-31/h4-9,15,19,24,34H,3,10-14,16-18H2,1-2H3,(H,30,37)/t19-,24?/m1/s1. The van der Waals surface area contributed by atoms with E-state index < -0.39 is 24.7 Å². The molecule has 11 heteroatoms. The van der Waals surface area contributed by atoms with Crippen molar-refractivity contribution in [2.45, 2.75) is 38.9 Å². The summed E-state index contributed by atoms with van der Waals surface area (Å²) < 4.78 is 10.9. The highest BCUT2D eigenvalue weighted by Gasteiger charge is 2.34. The first-order chi connectivity index (χ1) is 18.8. The first kappa shape index (κ1) is 28.7. The Balaban J connectivity index is 1.54. The summed E-state index contributed by atoms with van der Waals surface area (Å²) in [6, 6.07) is 10.4. The van der Waals surface area contributed by atoms with Crippen molar-refractivity contribution < 1.29 is 29.0 Å². The molecule has 2 aliphatic rings. The lowest BCUT2D eigenvalue weighted by Crippen LogP contribution is -2.57. The van der Waals surface area contributed by atoms with Crippen LogP contribution in [0.3, 0.4) is 0 Å². The summed E-state index contributed by atoms with van der Waals surface area (Å²) in [5.74, 6) is -0.0508. The number of hydrogen-bond acceptors (Lipinski definition) is 6. The van der Waals surface area contributed by atoms with Crippen LogP contribution in [0.4, 0.5) is 10.5 Å². The van der Waals surface area contributed by atoms with Crippen molar-refractivity contribution in [2.24, 2.45) is 0 Å². The number of nitrogens with zero attached hydrogens (tertiary/aromatic N) is 3.